The van der Waals surface area contributed by atoms with Gasteiger partial charge in [0.1, 0.15) is 23.9 Å². The molecule has 9 heteroatoms. The fourth-order valence-electron chi connectivity index (χ4n) is 3.73. The van der Waals surface area contributed by atoms with Crippen LogP contribution in [0.4, 0.5) is 13.2 Å². The first kappa shape index (κ1) is 21.9. The van der Waals surface area contributed by atoms with E-state index in [9.17, 15) is 13.2 Å². The molecule has 2 heterocycles. The lowest BCUT2D eigenvalue weighted by Gasteiger charge is -2.17. The third-order valence-corrected chi connectivity index (χ3v) is 5.67. The lowest BCUT2D eigenvalue weighted by molar-refractivity contribution is -0.139. The summed E-state index contributed by atoms with van der Waals surface area (Å²) in [6.07, 6.45) is -2.25. The van der Waals surface area contributed by atoms with Crippen molar-refractivity contribution in [3.8, 4) is 0 Å². The highest BCUT2D eigenvalue weighted by Gasteiger charge is 2.30. The van der Waals surface area contributed by atoms with Gasteiger partial charge in [0.05, 0.1) is 5.52 Å². The standard InChI is InChI=1S/C22H19Cl2F3N4/c1-30(9-8-14-2-5-16(23)6-3-14)11-15-4-7-18-17(10-15)19-20(21(24)29-13-28-19)31(18)12-22(25,26)27/h2-7,10,13H,8-9,11-12H2,1H3. The molecule has 0 N–H and O–H groups in total. The number of alkyl halides is 3. The first-order valence-electron chi connectivity index (χ1n) is 9.62. The molecule has 0 fully saturated rings. The van der Waals surface area contributed by atoms with Crippen molar-refractivity contribution in [3.05, 3.63) is 70.1 Å². The minimum Gasteiger partial charge on any atom is -0.327 e. The van der Waals surface area contributed by atoms with Gasteiger partial charge in [0.25, 0.3) is 0 Å². The molecule has 0 aliphatic heterocycles. The SMILES string of the molecule is CN(CCc1ccc(Cl)cc1)Cc1ccc2c(c1)c1ncnc(Cl)c1n2CC(F)(F)F. The number of nitrogens with zero attached hydrogens (tertiary/aromatic N) is 4. The lowest BCUT2D eigenvalue weighted by Crippen LogP contribution is -2.20. The quantitative estimate of drug-likeness (QED) is 0.320. The van der Waals surface area contributed by atoms with Gasteiger partial charge in [-0.2, -0.15) is 13.2 Å². The molecule has 4 nitrogen and oxygen atoms in total. The summed E-state index contributed by atoms with van der Waals surface area (Å²) in [5.41, 5.74) is 3.22. The van der Waals surface area contributed by atoms with E-state index in [0.717, 1.165) is 23.1 Å². The third-order valence-electron chi connectivity index (χ3n) is 5.14. The van der Waals surface area contributed by atoms with Gasteiger partial charge < -0.3 is 9.47 Å². The zero-order chi connectivity index (χ0) is 22.2. The van der Waals surface area contributed by atoms with Gasteiger partial charge in [-0.15, -0.1) is 0 Å². The van der Waals surface area contributed by atoms with Crippen LogP contribution in [0.3, 0.4) is 0 Å². The lowest BCUT2D eigenvalue weighted by atomic mass is 10.1. The van der Waals surface area contributed by atoms with E-state index in [4.69, 9.17) is 23.2 Å². The summed E-state index contributed by atoms with van der Waals surface area (Å²) in [6.45, 7) is 0.318. The number of rotatable bonds is 6. The molecule has 4 rings (SSSR count). The van der Waals surface area contributed by atoms with E-state index in [0.29, 0.717) is 28.0 Å². The first-order chi connectivity index (χ1) is 14.7. The second-order valence-electron chi connectivity index (χ2n) is 7.53. The van der Waals surface area contributed by atoms with Crippen LogP contribution in [0, 0.1) is 0 Å². The second-order valence-corrected chi connectivity index (χ2v) is 8.32. The molecular formula is C22H19Cl2F3N4. The fourth-order valence-corrected chi connectivity index (χ4v) is 4.09. The van der Waals surface area contributed by atoms with E-state index in [2.05, 4.69) is 14.9 Å². The minimum absolute atomic E-state index is 0.00656. The van der Waals surface area contributed by atoms with E-state index >= 15 is 0 Å². The van der Waals surface area contributed by atoms with E-state index in [1.807, 2.05) is 43.4 Å². The maximum absolute atomic E-state index is 13.2. The number of hydrogen-bond donors (Lipinski definition) is 0. The first-order valence-corrected chi connectivity index (χ1v) is 10.4. The van der Waals surface area contributed by atoms with Gasteiger partial charge >= 0.3 is 6.18 Å². The van der Waals surface area contributed by atoms with Crippen molar-refractivity contribution in [1.29, 1.82) is 0 Å². The average molecular weight is 467 g/mol. The molecule has 0 aliphatic rings. The predicted octanol–water partition coefficient (Wildman–Crippen LogP) is 6.13. The normalized spacial score (nSPS) is 12.4. The van der Waals surface area contributed by atoms with Crippen LogP contribution in [0.25, 0.3) is 21.9 Å². The Hall–Kier alpha value is -2.35. The molecule has 4 aromatic rings. The monoisotopic (exact) mass is 466 g/mol. The number of likely N-dealkylation sites (N-methyl/N-ethyl adjacent to an activating group) is 1. The van der Waals surface area contributed by atoms with Crippen LogP contribution in [0.2, 0.25) is 10.2 Å². The summed E-state index contributed by atoms with van der Waals surface area (Å²) in [5.74, 6) is 0. The topological polar surface area (TPSA) is 34.0 Å². The Labute approximate surface area is 187 Å². The van der Waals surface area contributed by atoms with E-state index in [-0.39, 0.29) is 10.7 Å². The second kappa shape index (κ2) is 8.65. The smallest absolute Gasteiger partial charge is 0.327 e. The van der Waals surface area contributed by atoms with Crippen molar-refractivity contribution in [3.63, 3.8) is 0 Å². The molecule has 2 aromatic heterocycles. The van der Waals surface area contributed by atoms with Gasteiger partial charge in [0, 0.05) is 23.5 Å². The highest BCUT2D eigenvalue weighted by atomic mass is 35.5. The highest BCUT2D eigenvalue weighted by molar-refractivity contribution is 6.34. The third kappa shape index (κ3) is 4.95. The number of aromatic nitrogens is 3. The molecule has 0 bridgehead atoms. The van der Waals surface area contributed by atoms with Crippen molar-refractivity contribution in [1.82, 2.24) is 19.4 Å². The Morgan fingerprint density at radius 2 is 1.71 bits per heavy atom. The molecule has 0 aliphatic carbocycles. The Kier molecular flexibility index (Phi) is 6.10. The number of halogens is 5. The average Bonchev–Trinajstić information content (AvgIpc) is 3.00. The van der Waals surface area contributed by atoms with Crippen molar-refractivity contribution in [2.75, 3.05) is 13.6 Å². The zero-order valence-corrected chi connectivity index (χ0v) is 18.1. The van der Waals surface area contributed by atoms with E-state index in [1.54, 1.807) is 6.07 Å². The van der Waals surface area contributed by atoms with Crippen molar-refractivity contribution in [2.24, 2.45) is 0 Å². The molecule has 0 saturated heterocycles. The van der Waals surface area contributed by atoms with Crippen LogP contribution in [0.1, 0.15) is 11.1 Å². The van der Waals surface area contributed by atoms with Crippen molar-refractivity contribution < 1.29 is 13.2 Å². The van der Waals surface area contributed by atoms with Crippen LogP contribution < -0.4 is 0 Å². The molecule has 162 valence electrons. The molecule has 0 amide bonds. The Morgan fingerprint density at radius 1 is 1.00 bits per heavy atom. The number of fused-ring (bicyclic) bond motifs is 3. The van der Waals surface area contributed by atoms with E-state index in [1.165, 1.54) is 11.9 Å². The van der Waals surface area contributed by atoms with Crippen LogP contribution >= 0.6 is 23.2 Å². The molecule has 0 atom stereocenters. The van der Waals surface area contributed by atoms with Crippen LogP contribution in [0.15, 0.2) is 48.8 Å². The predicted molar refractivity (Wildman–Crippen MR) is 118 cm³/mol. The van der Waals surface area contributed by atoms with Gasteiger partial charge in [0.2, 0.25) is 0 Å². The summed E-state index contributed by atoms with van der Waals surface area (Å²) in [5, 5.41) is 1.35. The largest absolute Gasteiger partial charge is 0.406 e. The summed E-state index contributed by atoms with van der Waals surface area (Å²) < 4.78 is 40.7. The maximum Gasteiger partial charge on any atom is 0.406 e. The minimum atomic E-state index is -4.39. The zero-order valence-electron chi connectivity index (χ0n) is 16.6. The van der Waals surface area contributed by atoms with Crippen LogP contribution in [0.5, 0.6) is 0 Å². The molecule has 0 unspecified atom stereocenters. The highest BCUT2D eigenvalue weighted by Crippen LogP contribution is 2.34. The van der Waals surface area contributed by atoms with Gasteiger partial charge in [-0.25, -0.2) is 9.97 Å². The van der Waals surface area contributed by atoms with Gasteiger partial charge in [-0.05, 0) is 48.9 Å². The van der Waals surface area contributed by atoms with Crippen LogP contribution in [-0.2, 0) is 19.5 Å². The molecule has 0 saturated carbocycles. The van der Waals surface area contributed by atoms with Crippen molar-refractivity contribution in [2.45, 2.75) is 25.7 Å². The fraction of sp³-hybridized carbons (Fsp3) is 0.273. The van der Waals surface area contributed by atoms with E-state index < -0.39 is 12.7 Å². The summed E-state index contributed by atoms with van der Waals surface area (Å²) in [4.78, 5) is 10.2. The molecule has 2 aromatic carbocycles. The molecule has 0 radical (unpaired) electrons. The Bertz CT molecular complexity index is 1220. The molecule has 31 heavy (non-hydrogen) atoms. The number of hydrogen-bond acceptors (Lipinski definition) is 3. The van der Waals surface area contributed by atoms with Gasteiger partial charge in [0.15, 0.2) is 5.15 Å². The van der Waals surface area contributed by atoms with Crippen molar-refractivity contribution >= 4 is 45.1 Å². The van der Waals surface area contributed by atoms with Crippen LogP contribution in [-0.4, -0.2) is 39.2 Å². The van der Waals surface area contributed by atoms with Gasteiger partial charge in [-0.3, -0.25) is 0 Å². The summed E-state index contributed by atoms with van der Waals surface area (Å²) in [7, 11) is 2.01. The molecule has 0 spiro atoms. The molecular weight excluding hydrogens is 448 g/mol. The maximum atomic E-state index is 13.2. The van der Waals surface area contributed by atoms with Gasteiger partial charge in [-0.1, -0.05) is 41.4 Å². The number of benzene rings is 2. The Balaban J connectivity index is 1.61. The Morgan fingerprint density at radius 3 is 2.42 bits per heavy atom. The summed E-state index contributed by atoms with van der Waals surface area (Å²) >= 11 is 12.1. The summed E-state index contributed by atoms with van der Waals surface area (Å²) in [6, 6.07) is 13.2.